The van der Waals surface area contributed by atoms with Crippen LogP contribution in [0.15, 0.2) is 42.5 Å². The van der Waals surface area contributed by atoms with Gasteiger partial charge >= 0.3 is 0 Å². The minimum absolute atomic E-state index is 0.0483. The van der Waals surface area contributed by atoms with Gasteiger partial charge in [-0.3, -0.25) is 9.69 Å². The normalized spacial score (nSPS) is 13.8. The monoisotopic (exact) mass is 310 g/mol. The Morgan fingerprint density at radius 2 is 1.83 bits per heavy atom. The Morgan fingerprint density at radius 3 is 2.52 bits per heavy atom. The average molecular weight is 310 g/mol. The number of phenolic OH excluding ortho intramolecular Hbond substituents is 1. The lowest BCUT2D eigenvalue weighted by Gasteiger charge is -2.16. The third kappa shape index (κ3) is 3.54. The Bertz CT molecular complexity index is 710. The zero-order valence-electron chi connectivity index (χ0n) is 13.6. The molecule has 0 saturated carbocycles. The van der Waals surface area contributed by atoms with Crippen molar-refractivity contribution >= 4 is 11.6 Å². The van der Waals surface area contributed by atoms with E-state index in [1.54, 1.807) is 24.0 Å². The first kappa shape index (κ1) is 15.6. The predicted molar refractivity (Wildman–Crippen MR) is 91.5 cm³/mol. The Morgan fingerprint density at radius 1 is 1.13 bits per heavy atom. The molecule has 120 valence electrons. The first-order chi connectivity index (χ1) is 11.0. The van der Waals surface area contributed by atoms with Crippen molar-refractivity contribution in [3.05, 3.63) is 59.2 Å². The Balaban J connectivity index is 1.62. The van der Waals surface area contributed by atoms with Crippen molar-refractivity contribution in [1.82, 2.24) is 4.90 Å². The van der Waals surface area contributed by atoms with Gasteiger partial charge in [0.1, 0.15) is 5.75 Å². The van der Waals surface area contributed by atoms with E-state index in [0.29, 0.717) is 5.75 Å². The van der Waals surface area contributed by atoms with Gasteiger partial charge in [-0.1, -0.05) is 18.2 Å². The van der Waals surface area contributed by atoms with Crippen molar-refractivity contribution < 1.29 is 9.90 Å². The van der Waals surface area contributed by atoms with Crippen LogP contribution in [0, 0.1) is 0 Å². The fourth-order valence-corrected chi connectivity index (χ4v) is 2.95. The molecule has 0 saturated heterocycles. The van der Waals surface area contributed by atoms with Crippen LogP contribution in [0.1, 0.15) is 23.6 Å². The van der Waals surface area contributed by atoms with Crippen molar-refractivity contribution in [1.29, 1.82) is 0 Å². The second-order valence-electron chi connectivity index (χ2n) is 6.16. The van der Waals surface area contributed by atoms with Gasteiger partial charge in [0.25, 0.3) is 0 Å². The summed E-state index contributed by atoms with van der Waals surface area (Å²) in [5, 5.41) is 9.33. The molecule has 0 bridgehead atoms. The lowest BCUT2D eigenvalue weighted by Crippen LogP contribution is -2.22. The number of aromatic hydroxyl groups is 1. The van der Waals surface area contributed by atoms with Crippen molar-refractivity contribution in [2.75, 3.05) is 18.5 Å². The molecular formula is C19H22N2O2. The molecule has 0 unspecified atom stereocenters. The molecule has 0 spiro atoms. The number of nitrogens with zero attached hydrogens (tertiary/aromatic N) is 2. The summed E-state index contributed by atoms with van der Waals surface area (Å²) in [6.45, 7) is 4.44. The SMILES string of the molecule is CC(=O)N(C)c1ccc2c(c1)CN(CCc1ccc(O)cc1)C2. The fraction of sp³-hybridized carbons (Fsp3) is 0.316. The molecule has 1 aliphatic rings. The second-order valence-corrected chi connectivity index (χ2v) is 6.16. The highest BCUT2D eigenvalue weighted by Gasteiger charge is 2.20. The molecular weight excluding hydrogens is 288 g/mol. The van der Waals surface area contributed by atoms with Crippen molar-refractivity contribution in [2.45, 2.75) is 26.4 Å². The van der Waals surface area contributed by atoms with Crippen LogP contribution < -0.4 is 4.90 Å². The summed E-state index contributed by atoms with van der Waals surface area (Å²) in [7, 11) is 1.81. The summed E-state index contributed by atoms with van der Waals surface area (Å²) in [4.78, 5) is 15.6. The molecule has 3 rings (SSSR count). The number of amides is 1. The molecule has 2 aromatic carbocycles. The van der Waals surface area contributed by atoms with Crippen molar-refractivity contribution in [2.24, 2.45) is 0 Å². The van der Waals surface area contributed by atoms with E-state index in [9.17, 15) is 9.90 Å². The highest BCUT2D eigenvalue weighted by atomic mass is 16.3. The summed E-state index contributed by atoms with van der Waals surface area (Å²) < 4.78 is 0. The van der Waals surface area contributed by atoms with Crippen LogP contribution in [0.2, 0.25) is 0 Å². The van der Waals surface area contributed by atoms with E-state index >= 15 is 0 Å². The van der Waals surface area contributed by atoms with Gasteiger partial charge in [-0.2, -0.15) is 0 Å². The molecule has 0 aromatic heterocycles. The zero-order valence-corrected chi connectivity index (χ0v) is 13.6. The molecule has 4 heteroatoms. The quantitative estimate of drug-likeness (QED) is 0.944. The Hall–Kier alpha value is -2.33. The molecule has 4 nitrogen and oxygen atoms in total. The van der Waals surface area contributed by atoms with Gasteiger partial charge in [0.05, 0.1) is 0 Å². The van der Waals surface area contributed by atoms with Crippen molar-refractivity contribution in [3.63, 3.8) is 0 Å². The third-order valence-electron chi connectivity index (χ3n) is 4.49. The maximum absolute atomic E-state index is 11.5. The number of anilines is 1. The first-order valence-electron chi connectivity index (χ1n) is 7.89. The Labute approximate surface area is 137 Å². The number of rotatable bonds is 4. The maximum Gasteiger partial charge on any atom is 0.223 e. The van der Waals surface area contributed by atoms with E-state index < -0.39 is 0 Å². The van der Waals surface area contributed by atoms with Gasteiger partial charge in [0.2, 0.25) is 5.91 Å². The van der Waals surface area contributed by atoms with Gasteiger partial charge in [0.15, 0.2) is 0 Å². The number of fused-ring (bicyclic) bond motifs is 1. The number of hydrogen-bond acceptors (Lipinski definition) is 3. The molecule has 23 heavy (non-hydrogen) atoms. The standard InChI is InChI=1S/C19H22N2O2/c1-14(22)20(2)18-6-5-16-12-21(13-17(16)11-18)10-9-15-3-7-19(23)8-4-15/h3-8,11,23H,9-10,12-13H2,1-2H3. The van der Waals surface area contributed by atoms with E-state index in [4.69, 9.17) is 0 Å². The van der Waals surface area contributed by atoms with E-state index in [1.807, 2.05) is 25.2 Å². The first-order valence-corrected chi connectivity index (χ1v) is 7.89. The number of phenols is 1. The molecule has 0 atom stereocenters. The molecule has 0 fully saturated rings. The molecule has 1 heterocycles. The van der Waals surface area contributed by atoms with Crippen LogP contribution in [0.5, 0.6) is 5.75 Å². The molecule has 0 radical (unpaired) electrons. The number of hydrogen-bond donors (Lipinski definition) is 1. The van der Waals surface area contributed by atoms with E-state index in [1.165, 1.54) is 16.7 Å². The largest absolute Gasteiger partial charge is 0.508 e. The fourth-order valence-electron chi connectivity index (χ4n) is 2.95. The van der Waals surface area contributed by atoms with E-state index in [-0.39, 0.29) is 5.91 Å². The predicted octanol–water partition coefficient (Wildman–Crippen LogP) is 2.93. The lowest BCUT2D eigenvalue weighted by atomic mass is 10.1. The van der Waals surface area contributed by atoms with Crippen molar-refractivity contribution in [3.8, 4) is 5.75 Å². The second kappa shape index (κ2) is 6.42. The summed E-state index contributed by atoms with van der Waals surface area (Å²) in [5.74, 6) is 0.358. The minimum atomic E-state index is 0.0483. The Kier molecular flexibility index (Phi) is 4.35. The van der Waals surface area contributed by atoms with E-state index in [2.05, 4.69) is 17.0 Å². The van der Waals surface area contributed by atoms with Crippen LogP contribution in [-0.2, 0) is 24.3 Å². The van der Waals surface area contributed by atoms with Gasteiger partial charge in [-0.25, -0.2) is 0 Å². The molecule has 1 N–H and O–H groups in total. The van der Waals surface area contributed by atoms with Gasteiger partial charge in [-0.15, -0.1) is 0 Å². The summed E-state index contributed by atoms with van der Waals surface area (Å²) in [6, 6.07) is 13.7. The number of carbonyl (C=O) groups is 1. The average Bonchev–Trinajstić information content (AvgIpc) is 2.95. The molecule has 1 aliphatic heterocycles. The number of carbonyl (C=O) groups excluding carboxylic acids is 1. The van der Waals surface area contributed by atoms with Gasteiger partial charge in [0, 0.05) is 39.3 Å². The summed E-state index contributed by atoms with van der Waals surface area (Å²) in [5.41, 5.74) is 4.84. The molecule has 2 aromatic rings. The molecule has 0 aliphatic carbocycles. The van der Waals surface area contributed by atoms with Crippen LogP contribution in [0.4, 0.5) is 5.69 Å². The third-order valence-corrected chi connectivity index (χ3v) is 4.49. The molecule has 1 amide bonds. The van der Waals surface area contributed by atoms with Crippen LogP contribution in [0.3, 0.4) is 0 Å². The highest BCUT2D eigenvalue weighted by molar-refractivity contribution is 5.91. The summed E-state index contributed by atoms with van der Waals surface area (Å²) >= 11 is 0. The topological polar surface area (TPSA) is 43.8 Å². The zero-order chi connectivity index (χ0) is 16.4. The maximum atomic E-state index is 11.5. The van der Waals surface area contributed by atoms with E-state index in [0.717, 1.165) is 31.7 Å². The van der Waals surface area contributed by atoms with Crippen LogP contribution >= 0.6 is 0 Å². The highest BCUT2D eigenvalue weighted by Crippen LogP contribution is 2.27. The smallest absolute Gasteiger partial charge is 0.223 e. The minimum Gasteiger partial charge on any atom is -0.508 e. The van der Waals surface area contributed by atoms with Crippen LogP contribution in [0.25, 0.3) is 0 Å². The summed E-state index contributed by atoms with van der Waals surface area (Å²) in [6.07, 6.45) is 0.967. The van der Waals surface area contributed by atoms with Crippen LogP contribution in [-0.4, -0.2) is 29.5 Å². The van der Waals surface area contributed by atoms with Gasteiger partial charge < -0.3 is 10.0 Å². The number of benzene rings is 2. The van der Waals surface area contributed by atoms with Gasteiger partial charge in [-0.05, 0) is 47.4 Å². The lowest BCUT2D eigenvalue weighted by molar-refractivity contribution is -0.116.